The average molecular weight is 376 g/mol. The van der Waals surface area contributed by atoms with Crippen molar-refractivity contribution in [2.24, 2.45) is 0 Å². The molecule has 2 fully saturated rings. The SMILES string of the molecule is CC1(C)NC(=O)N(CCN2CCCN(C(=O)c3cccc(F)c3)CC2)C1=O. The van der Waals surface area contributed by atoms with Crippen molar-refractivity contribution in [1.82, 2.24) is 20.0 Å². The van der Waals surface area contributed by atoms with Gasteiger partial charge in [0.2, 0.25) is 0 Å². The van der Waals surface area contributed by atoms with Crippen LogP contribution in [-0.2, 0) is 4.79 Å². The molecule has 0 aromatic heterocycles. The van der Waals surface area contributed by atoms with Crippen molar-refractivity contribution in [3.8, 4) is 0 Å². The molecule has 146 valence electrons. The van der Waals surface area contributed by atoms with Gasteiger partial charge < -0.3 is 10.2 Å². The van der Waals surface area contributed by atoms with E-state index in [0.717, 1.165) is 13.0 Å². The van der Waals surface area contributed by atoms with Gasteiger partial charge in [0.15, 0.2) is 0 Å². The Kier molecular flexibility index (Phi) is 5.46. The molecule has 0 aliphatic carbocycles. The number of amides is 4. The average Bonchev–Trinajstić information content (AvgIpc) is 2.78. The van der Waals surface area contributed by atoms with Crippen LogP contribution in [0.25, 0.3) is 0 Å². The summed E-state index contributed by atoms with van der Waals surface area (Å²) in [5.41, 5.74) is -0.505. The highest BCUT2D eigenvalue weighted by Gasteiger charge is 2.44. The van der Waals surface area contributed by atoms with E-state index in [4.69, 9.17) is 0 Å². The lowest BCUT2D eigenvalue weighted by atomic mass is 10.1. The van der Waals surface area contributed by atoms with E-state index < -0.39 is 11.4 Å². The van der Waals surface area contributed by atoms with E-state index >= 15 is 0 Å². The summed E-state index contributed by atoms with van der Waals surface area (Å²) in [5.74, 6) is -0.814. The highest BCUT2D eigenvalue weighted by molar-refractivity contribution is 6.06. The molecule has 27 heavy (non-hydrogen) atoms. The minimum absolute atomic E-state index is 0.174. The molecule has 8 heteroatoms. The molecule has 7 nitrogen and oxygen atoms in total. The molecule has 2 aliphatic rings. The number of imide groups is 1. The van der Waals surface area contributed by atoms with Gasteiger partial charge in [0.05, 0.1) is 0 Å². The third-order valence-electron chi connectivity index (χ3n) is 5.03. The van der Waals surface area contributed by atoms with E-state index in [1.807, 2.05) is 0 Å². The highest BCUT2D eigenvalue weighted by Crippen LogP contribution is 2.17. The second-order valence-electron chi connectivity index (χ2n) is 7.51. The summed E-state index contributed by atoms with van der Waals surface area (Å²) in [7, 11) is 0. The van der Waals surface area contributed by atoms with Gasteiger partial charge in [-0.25, -0.2) is 9.18 Å². The van der Waals surface area contributed by atoms with Crippen molar-refractivity contribution in [1.29, 1.82) is 0 Å². The number of urea groups is 1. The molecule has 0 spiro atoms. The van der Waals surface area contributed by atoms with Gasteiger partial charge in [-0.05, 0) is 45.0 Å². The quantitative estimate of drug-likeness (QED) is 0.804. The fraction of sp³-hybridized carbons (Fsp3) is 0.526. The van der Waals surface area contributed by atoms with Gasteiger partial charge in [0, 0.05) is 38.3 Å². The molecule has 0 unspecified atom stereocenters. The maximum atomic E-state index is 13.4. The monoisotopic (exact) mass is 376 g/mol. The van der Waals surface area contributed by atoms with Crippen LogP contribution in [0.5, 0.6) is 0 Å². The first-order valence-electron chi connectivity index (χ1n) is 9.19. The minimum atomic E-state index is -0.857. The fourth-order valence-corrected chi connectivity index (χ4v) is 3.46. The van der Waals surface area contributed by atoms with E-state index in [0.29, 0.717) is 38.3 Å². The molecular weight excluding hydrogens is 351 g/mol. The molecule has 2 saturated heterocycles. The Balaban J connectivity index is 1.54. The summed E-state index contributed by atoms with van der Waals surface area (Å²) in [6.07, 6.45) is 0.784. The zero-order valence-electron chi connectivity index (χ0n) is 15.7. The third kappa shape index (κ3) is 4.27. The maximum absolute atomic E-state index is 13.4. The van der Waals surface area contributed by atoms with Crippen molar-refractivity contribution >= 4 is 17.8 Å². The number of nitrogens with one attached hydrogen (secondary N) is 1. The Morgan fingerprint density at radius 2 is 1.93 bits per heavy atom. The first-order chi connectivity index (χ1) is 12.8. The van der Waals surface area contributed by atoms with Crippen molar-refractivity contribution in [3.05, 3.63) is 35.6 Å². The predicted octanol–water partition coefficient (Wildman–Crippen LogP) is 1.30. The van der Waals surface area contributed by atoms with Gasteiger partial charge >= 0.3 is 6.03 Å². The molecule has 0 saturated carbocycles. The smallest absolute Gasteiger partial charge is 0.325 e. The van der Waals surface area contributed by atoms with Gasteiger partial charge in [0.25, 0.3) is 11.8 Å². The summed E-state index contributed by atoms with van der Waals surface area (Å²) in [4.78, 5) is 41.9. The van der Waals surface area contributed by atoms with Gasteiger partial charge in [0.1, 0.15) is 11.4 Å². The van der Waals surface area contributed by atoms with Gasteiger partial charge in [-0.2, -0.15) is 0 Å². The number of carbonyl (C=O) groups excluding carboxylic acids is 3. The Hall–Kier alpha value is -2.48. The number of rotatable bonds is 4. The Bertz CT molecular complexity index is 752. The third-order valence-corrected chi connectivity index (χ3v) is 5.03. The topological polar surface area (TPSA) is 73.0 Å². The molecule has 3 rings (SSSR count). The van der Waals surface area contributed by atoms with Gasteiger partial charge in [-0.1, -0.05) is 6.07 Å². The zero-order chi connectivity index (χ0) is 19.6. The molecule has 2 aliphatic heterocycles. The van der Waals surface area contributed by atoms with Crippen molar-refractivity contribution in [3.63, 3.8) is 0 Å². The lowest BCUT2D eigenvalue weighted by molar-refractivity contribution is -0.130. The van der Waals surface area contributed by atoms with Crippen LogP contribution in [0.4, 0.5) is 9.18 Å². The van der Waals surface area contributed by atoms with Crippen LogP contribution >= 0.6 is 0 Å². The van der Waals surface area contributed by atoms with E-state index in [9.17, 15) is 18.8 Å². The first-order valence-corrected chi connectivity index (χ1v) is 9.19. The van der Waals surface area contributed by atoms with Gasteiger partial charge in [-0.3, -0.25) is 19.4 Å². The Labute approximate surface area is 158 Å². The Morgan fingerprint density at radius 3 is 2.59 bits per heavy atom. The first kappa shape index (κ1) is 19.3. The van der Waals surface area contributed by atoms with Crippen LogP contribution in [0, 0.1) is 5.82 Å². The zero-order valence-corrected chi connectivity index (χ0v) is 15.7. The van der Waals surface area contributed by atoms with E-state index in [2.05, 4.69) is 10.2 Å². The lowest BCUT2D eigenvalue weighted by Crippen LogP contribution is -2.42. The maximum Gasteiger partial charge on any atom is 0.325 e. The summed E-state index contributed by atoms with van der Waals surface area (Å²) in [6.45, 7) is 6.82. The molecule has 1 aromatic rings. The summed E-state index contributed by atoms with van der Waals surface area (Å²) in [6, 6.07) is 5.37. The number of benzene rings is 1. The molecule has 1 N–H and O–H groups in total. The second kappa shape index (κ2) is 7.64. The van der Waals surface area contributed by atoms with E-state index in [1.165, 1.54) is 23.1 Å². The fourth-order valence-electron chi connectivity index (χ4n) is 3.46. The number of carbonyl (C=O) groups is 3. The van der Waals surface area contributed by atoms with Crippen LogP contribution in [0.15, 0.2) is 24.3 Å². The molecule has 0 bridgehead atoms. The minimum Gasteiger partial charge on any atom is -0.337 e. The Morgan fingerprint density at radius 1 is 1.15 bits per heavy atom. The van der Waals surface area contributed by atoms with Crippen LogP contribution in [0.1, 0.15) is 30.6 Å². The lowest BCUT2D eigenvalue weighted by Gasteiger charge is -2.24. The van der Waals surface area contributed by atoms with Crippen molar-refractivity contribution in [2.45, 2.75) is 25.8 Å². The van der Waals surface area contributed by atoms with Crippen LogP contribution in [0.3, 0.4) is 0 Å². The standard InChI is InChI=1S/C19H25FN4O3/c1-19(2)17(26)24(18(27)21-19)12-10-22-7-4-8-23(11-9-22)16(25)14-5-3-6-15(20)13-14/h3,5-6,13H,4,7-12H2,1-2H3,(H,21,27). The molecule has 0 radical (unpaired) electrons. The van der Waals surface area contributed by atoms with Gasteiger partial charge in [-0.15, -0.1) is 0 Å². The number of halogens is 1. The van der Waals surface area contributed by atoms with Crippen LogP contribution in [0.2, 0.25) is 0 Å². The second-order valence-corrected chi connectivity index (χ2v) is 7.51. The van der Waals surface area contributed by atoms with E-state index in [1.54, 1.807) is 24.8 Å². The van der Waals surface area contributed by atoms with Crippen LogP contribution < -0.4 is 5.32 Å². The number of hydrogen-bond acceptors (Lipinski definition) is 4. The largest absolute Gasteiger partial charge is 0.337 e. The number of nitrogens with zero attached hydrogens (tertiary/aromatic N) is 3. The predicted molar refractivity (Wildman–Crippen MR) is 97.7 cm³/mol. The van der Waals surface area contributed by atoms with Crippen LogP contribution in [-0.4, -0.2) is 77.4 Å². The molecule has 4 amide bonds. The summed E-state index contributed by atoms with van der Waals surface area (Å²) >= 11 is 0. The molecular formula is C19H25FN4O3. The van der Waals surface area contributed by atoms with E-state index in [-0.39, 0.29) is 17.8 Å². The highest BCUT2D eigenvalue weighted by atomic mass is 19.1. The summed E-state index contributed by atoms with van der Waals surface area (Å²) < 4.78 is 13.4. The van der Waals surface area contributed by atoms with Crippen molar-refractivity contribution < 1.29 is 18.8 Å². The molecule has 0 atom stereocenters. The molecule has 1 aromatic carbocycles. The number of hydrogen-bond donors (Lipinski definition) is 1. The molecule has 2 heterocycles. The summed E-state index contributed by atoms with van der Waals surface area (Å²) in [5, 5.41) is 2.67. The normalized spacial score (nSPS) is 20.6. The van der Waals surface area contributed by atoms with Crippen molar-refractivity contribution in [2.75, 3.05) is 39.3 Å².